The van der Waals surface area contributed by atoms with Gasteiger partial charge in [-0.2, -0.15) is 0 Å². The Hall–Kier alpha value is -3.15. The number of para-hydroxylation sites is 1. The molecule has 0 spiro atoms. The Balaban J connectivity index is 2.21. The highest BCUT2D eigenvalue weighted by Crippen LogP contribution is 2.21. The van der Waals surface area contributed by atoms with Gasteiger partial charge in [0.25, 0.3) is 5.56 Å². The van der Waals surface area contributed by atoms with E-state index in [9.17, 15) is 9.59 Å². The summed E-state index contributed by atoms with van der Waals surface area (Å²) in [6.45, 7) is 3.80. The smallest absolute Gasteiger partial charge is 0.347 e. The quantitative estimate of drug-likeness (QED) is 0.747. The SMILES string of the molecule is CCOC(=O)c1c(Nc2ccccc2C)nc2ccccn2c1=O. The van der Waals surface area contributed by atoms with Crippen LogP contribution in [0.15, 0.2) is 53.5 Å². The van der Waals surface area contributed by atoms with Gasteiger partial charge < -0.3 is 10.1 Å². The molecule has 0 unspecified atom stereocenters. The van der Waals surface area contributed by atoms with Crippen molar-refractivity contribution >= 4 is 23.1 Å². The van der Waals surface area contributed by atoms with Crippen molar-refractivity contribution in [1.82, 2.24) is 9.38 Å². The maximum Gasteiger partial charge on any atom is 0.347 e. The van der Waals surface area contributed by atoms with Gasteiger partial charge in [-0.05, 0) is 37.6 Å². The lowest BCUT2D eigenvalue weighted by atomic mass is 10.2. The van der Waals surface area contributed by atoms with Gasteiger partial charge in [-0.25, -0.2) is 9.78 Å². The Morgan fingerprint density at radius 2 is 1.96 bits per heavy atom. The van der Waals surface area contributed by atoms with E-state index >= 15 is 0 Å². The van der Waals surface area contributed by atoms with Crippen LogP contribution in [0.5, 0.6) is 0 Å². The maximum atomic E-state index is 12.7. The van der Waals surface area contributed by atoms with Crippen molar-refractivity contribution in [2.45, 2.75) is 13.8 Å². The number of pyridine rings is 1. The van der Waals surface area contributed by atoms with Gasteiger partial charge in [0, 0.05) is 11.9 Å². The molecule has 0 amide bonds. The number of carbonyl (C=O) groups is 1. The maximum absolute atomic E-state index is 12.7. The van der Waals surface area contributed by atoms with E-state index in [2.05, 4.69) is 10.3 Å². The molecule has 0 atom stereocenters. The fourth-order valence-corrected chi connectivity index (χ4v) is 2.41. The van der Waals surface area contributed by atoms with Gasteiger partial charge in [0.1, 0.15) is 5.65 Å². The monoisotopic (exact) mass is 323 g/mol. The molecule has 0 radical (unpaired) electrons. The van der Waals surface area contributed by atoms with E-state index in [1.165, 1.54) is 4.40 Å². The van der Waals surface area contributed by atoms with Crippen LogP contribution < -0.4 is 10.9 Å². The Morgan fingerprint density at radius 3 is 2.71 bits per heavy atom. The molecule has 0 bridgehead atoms. The summed E-state index contributed by atoms with van der Waals surface area (Å²) in [6, 6.07) is 12.8. The molecule has 0 fully saturated rings. The van der Waals surface area contributed by atoms with Crippen molar-refractivity contribution in [2.75, 3.05) is 11.9 Å². The van der Waals surface area contributed by atoms with Crippen molar-refractivity contribution in [2.24, 2.45) is 0 Å². The molecule has 0 aliphatic rings. The first-order valence-corrected chi connectivity index (χ1v) is 7.63. The highest BCUT2D eigenvalue weighted by atomic mass is 16.5. The molecular weight excluding hydrogens is 306 g/mol. The summed E-state index contributed by atoms with van der Waals surface area (Å²) in [6.07, 6.45) is 1.57. The molecule has 1 aromatic carbocycles. The number of carbonyl (C=O) groups excluding carboxylic acids is 1. The second kappa shape index (κ2) is 6.54. The third-order valence-electron chi connectivity index (χ3n) is 3.61. The number of fused-ring (bicyclic) bond motifs is 1. The first-order chi connectivity index (χ1) is 11.6. The van der Waals surface area contributed by atoms with E-state index in [1.54, 1.807) is 31.3 Å². The van der Waals surface area contributed by atoms with Gasteiger partial charge in [-0.3, -0.25) is 9.20 Å². The van der Waals surface area contributed by atoms with Crippen LogP contribution in [0.25, 0.3) is 5.65 Å². The topological polar surface area (TPSA) is 72.7 Å². The lowest BCUT2D eigenvalue weighted by molar-refractivity contribution is 0.0525. The average molecular weight is 323 g/mol. The first-order valence-electron chi connectivity index (χ1n) is 7.63. The Morgan fingerprint density at radius 1 is 1.21 bits per heavy atom. The molecule has 0 aliphatic carbocycles. The molecule has 3 rings (SSSR count). The molecule has 0 aliphatic heterocycles. The number of benzene rings is 1. The van der Waals surface area contributed by atoms with Crippen molar-refractivity contribution in [1.29, 1.82) is 0 Å². The number of ether oxygens (including phenoxy) is 1. The highest BCUT2D eigenvalue weighted by molar-refractivity contribution is 5.95. The minimum absolute atomic E-state index is 0.108. The molecule has 24 heavy (non-hydrogen) atoms. The zero-order valence-electron chi connectivity index (χ0n) is 13.4. The third-order valence-corrected chi connectivity index (χ3v) is 3.61. The highest BCUT2D eigenvalue weighted by Gasteiger charge is 2.21. The summed E-state index contributed by atoms with van der Waals surface area (Å²) in [5, 5.41) is 3.09. The molecule has 0 saturated carbocycles. The van der Waals surface area contributed by atoms with Crippen molar-refractivity contribution in [3.8, 4) is 0 Å². The van der Waals surface area contributed by atoms with Crippen LogP contribution in [0.2, 0.25) is 0 Å². The second-order valence-corrected chi connectivity index (χ2v) is 5.23. The zero-order chi connectivity index (χ0) is 17.1. The predicted molar refractivity (Wildman–Crippen MR) is 91.9 cm³/mol. The molecule has 2 aromatic heterocycles. The van der Waals surface area contributed by atoms with Crippen molar-refractivity contribution in [3.05, 3.63) is 70.1 Å². The molecule has 2 heterocycles. The number of hydrogen-bond acceptors (Lipinski definition) is 5. The lowest BCUT2D eigenvalue weighted by Gasteiger charge is -2.13. The molecule has 0 saturated heterocycles. The number of anilines is 2. The van der Waals surface area contributed by atoms with E-state index in [1.807, 2.05) is 31.2 Å². The number of hydrogen-bond donors (Lipinski definition) is 1. The van der Waals surface area contributed by atoms with E-state index in [0.29, 0.717) is 5.65 Å². The van der Waals surface area contributed by atoms with Crippen LogP contribution in [0.3, 0.4) is 0 Å². The standard InChI is InChI=1S/C18H17N3O3/c1-3-24-18(23)15-16(19-13-9-5-4-8-12(13)2)20-14-10-6-7-11-21(14)17(15)22/h4-11,19H,3H2,1-2H3. The van der Waals surface area contributed by atoms with Gasteiger partial charge in [0.15, 0.2) is 11.4 Å². The summed E-state index contributed by atoms with van der Waals surface area (Å²) in [7, 11) is 0. The minimum Gasteiger partial charge on any atom is -0.462 e. The average Bonchev–Trinajstić information content (AvgIpc) is 2.57. The Bertz CT molecular complexity index is 963. The fraction of sp³-hybridized carbons (Fsp3) is 0.167. The van der Waals surface area contributed by atoms with Crippen molar-refractivity contribution < 1.29 is 9.53 Å². The van der Waals surface area contributed by atoms with E-state index in [-0.39, 0.29) is 18.0 Å². The molecule has 1 N–H and O–H groups in total. The van der Waals surface area contributed by atoms with Crippen LogP contribution in [0.4, 0.5) is 11.5 Å². The van der Waals surface area contributed by atoms with Crippen molar-refractivity contribution in [3.63, 3.8) is 0 Å². The number of aryl methyl sites for hydroxylation is 1. The van der Waals surface area contributed by atoms with Crippen LogP contribution in [-0.4, -0.2) is 22.0 Å². The molecular formula is C18H17N3O3. The fourth-order valence-electron chi connectivity index (χ4n) is 2.41. The summed E-state index contributed by atoms with van der Waals surface area (Å²) >= 11 is 0. The van der Waals surface area contributed by atoms with Gasteiger partial charge in [0.2, 0.25) is 0 Å². The number of nitrogens with zero attached hydrogens (tertiary/aromatic N) is 2. The molecule has 3 aromatic rings. The second-order valence-electron chi connectivity index (χ2n) is 5.23. The summed E-state index contributed by atoms with van der Waals surface area (Å²) in [5.41, 5.74) is 1.63. The van der Waals surface area contributed by atoms with E-state index < -0.39 is 11.5 Å². The lowest BCUT2D eigenvalue weighted by Crippen LogP contribution is -2.26. The number of rotatable bonds is 4. The van der Waals surface area contributed by atoms with E-state index in [0.717, 1.165) is 11.3 Å². The predicted octanol–water partition coefficient (Wildman–Crippen LogP) is 2.92. The number of aromatic nitrogens is 2. The Kier molecular flexibility index (Phi) is 4.29. The largest absolute Gasteiger partial charge is 0.462 e. The Labute approximate surface area is 138 Å². The summed E-state index contributed by atoms with van der Waals surface area (Å²) in [4.78, 5) is 29.4. The normalized spacial score (nSPS) is 10.6. The van der Waals surface area contributed by atoms with Crippen LogP contribution in [-0.2, 0) is 4.74 Å². The van der Waals surface area contributed by atoms with Gasteiger partial charge in [0.05, 0.1) is 6.61 Å². The van der Waals surface area contributed by atoms with E-state index in [4.69, 9.17) is 4.74 Å². The van der Waals surface area contributed by atoms with Gasteiger partial charge in [-0.1, -0.05) is 24.3 Å². The van der Waals surface area contributed by atoms with Gasteiger partial charge >= 0.3 is 5.97 Å². The molecule has 6 nitrogen and oxygen atoms in total. The first kappa shape index (κ1) is 15.7. The molecule has 6 heteroatoms. The van der Waals surface area contributed by atoms with Gasteiger partial charge in [-0.15, -0.1) is 0 Å². The van der Waals surface area contributed by atoms with Crippen LogP contribution in [0.1, 0.15) is 22.8 Å². The number of esters is 1. The third kappa shape index (κ3) is 2.86. The zero-order valence-corrected chi connectivity index (χ0v) is 13.4. The summed E-state index contributed by atoms with van der Waals surface area (Å²) < 4.78 is 6.36. The number of nitrogens with one attached hydrogen (secondary N) is 1. The summed E-state index contributed by atoms with van der Waals surface area (Å²) in [5.74, 6) is -0.497. The molecule has 122 valence electrons. The van der Waals surface area contributed by atoms with Crippen LogP contribution >= 0.6 is 0 Å². The minimum atomic E-state index is -0.690. The van der Waals surface area contributed by atoms with Crippen LogP contribution in [0, 0.1) is 6.92 Å².